The second kappa shape index (κ2) is 4.55. The Morgan fingerprint density at radius 3 is 2.82 bits per heavy atom. The number of nitrogen functional groups attached to an aromatic ring is 1. The van der Waals surface area contributed by atoms with Gasteiger partial charge < -0.3 is 11.1 Å². The number of nitrogens with two attached hydrogens (primary N) is 1. The monoisotopic (exact) mass is 247 g/mol. The zero-order valence-corrected chi connectivity index (χ0v) is 10.5. The van der Waals surface area contributed by atoms with Crippen molar-refractivity contribution in [3.05, 3.63) is 39.8 Å². The van der Waals surface area contributed by atoms with E-state index in [1.165, 1.54) is 11.3 Å². The molecule has 0 aliphatic heterocycles. The van der Waals surface area contributed by atoms with Gasteiger partial charge in [-0.3, -0.25) is 9.78 Å². The molecule has 0 spiro atoms. The molecule has 4 nitrogen and oxygen atoms in total. The van der Waals surface area contributed by atoms with Crippen molar-refractivity contribution in [3.8, 4) is 0 Å². The molecule has 0 saturated carbocycles. The maximum atomic E-state index is 11.9. The van der Waals surface area contributed by atoms with Gasteiger partial charge in [0.25, 0.3) is 5.91 Å². The average Bonchev–Trinajstić information content (AvgIpc) is 2.63. The predicted octanol–water partition coefficient (Wildman–Crippen LogP) is 2.59. The lowest BCUT2D eigenvalue weighted by molar-refractivity contribution is 0.103. The van der Waals surface area contributed by atoms with E-state index in [-0.39, 0.29) is 5.91 Å². The number of hydrogen-bond acceptors (Lipinski definition) is 4. The Balaban J connectivity index is 2.20. The smallest absolute Gasteiger partial charge is 0.265 e. The molecule has 0 atom stereocenters. The van der Waals surface area contributed by atoms with Crippen molar-refractivity contribution in [2.45, 2.75) is 13.8 Å². The Labute approximate surface area is 103 Å². The molecule has 0 radical (unpaired) electrons. The molecule has 2 heterocycles. The Morgan fingerprint density at radius 1 is 1.47 bits per heavy atom. The maximum absolute atomic E-state index is 11.9. The molecule has 0 aromatic carbocycles. The zero-order valence-electron chi connectivity index (χ0n) is 9.65. The van der Waals surface area contributed by atoms with Crippen LogP contribution in [0.15, 0.2) is 24.5 Å². The third-order valence-corrected chi connectivity index (χ3v) is 3.53. The fourth-order valence-corrected chi connectivity index (χ4v) is 2.22. The summed E-state index contributed by atoms with van der Waals surface area (Å²) < 4.78 is 0. The summed E-state index contributed by atoms with van der Waals surface area (Å²) >= 11 is 1.39. The van der Waals surface area contributed by atoms with Crippen LogP contribution in [0.5, 0.6) is 0 Å². The fraction of sp³-hybridized carbons (Fsp3) is 0.167. The van der Waals surface area contributed by atoms with Crippen LogP contribution in [0.3, 0.4) is 0 Å². The van der Waals surface area contributed by atoms with Gasteiger partial charge in [0.2, 0.25) is 0 Å². The van der Waals surface area contributed by atoms with Crippen LogP contribution in [0.1, 0.15) is 20.1 Å². The summed E-state index contributed by atoms with van der Waals surface area (Å²) in [5.74, 6) is -0.147. The lowest BCUT2D eigenvalue weighted by Crippen LogP contribution is -2.11. The number of nitrogens with one attached hydrogen (secondary N) is 1. The molecular formula is C12H13N3OS. The molecule has 0 aliphatic carbocycles. The minimum atomic E-state index is -0.147. The Hall–Kier alpha value is -1.88. The topological polar surface area (TPSA) is 68.0 Å². The van der Waals surface area contributed by atoms with E-state index in [0.717, 1.165) is 16.1 Å². The van der Waals surface area contributed by atoms with E-state index >= 15 is 0 Å². The molecule has 2 aromatic heterocycles. The van der Waals surface area contributed by atoms with Gasteiger partial charge in [0.05, 0.1) is 16.8 Å². The molecule has 5 heteroatoms. The van der Waals surface area contributed by atoms with Crippen molar-refractivity contribution in [1.82, 2.24) is 4.98 Å². The molecule has 3 N–H and O–H groups in total. The highest BCUT2D eigenvalue weighted by Crippen LogP contribution is 2.24. The molecule has 2 rings (SSSR count). The number of hydrogen-bond donors (Lipinski definition) is 2. The standard InChI is InChI=1S/C12H13N3OS/c1-7-3-4-14-6-10(7)15-12(16)11-5-9(13)8(2)17-11/h3-6H,13H2,1-2H3,(H,15,16). The summed E-state index contributed by atoms with van der Waals surface area (Å²) in [4.78, 5) is 17.5. The predicted molar refractivity (Wildman–Crippen MR) is 70.4 cm³/mol. The first-order chi connectivity index (χ1) is 8.08. The van der Waals surface area contributed by atoms with Crippen LogP contribution in [0.25, 0.3) is 0 Å². The number of amides is 1. The van der Waals surface area contributed by atoms with Gasteiger partial charge in [-0.2, -0.15) is 0 Å². The molecule has 0 saturated heterocycles. The largest absolute Gasteiger partial charge is 0.398 e. The highest BCUT2D eigenvalue weighted by atomic mass is 32.1. The molecule has 0 bridgehead atoms. The number of aromatic nitrogens is 1. The summed E-state index contributed by atoms with van der Waals surface area (Å²) in [6.07, 6.45) is 3.33. The third kappa shape index (κ3) is 2.45. The molecule has 0 aliphatic rings. The molecule has 88 valence electrons. The molecule has 2 aromatic rings. The Morgan fingerprint density at radius 2 is 2.24 bits per heavy atom. The van der Waals surface area contributed by atoms with Crippen molar-refractivity contribution in [3.63, 3.8) is 0 Å². The van der Waals surface area contributed by atoms with E-state index < -0.39 is 0 Å². The lowest BCUT2D eigenvalue weighted by atomic mass is 10.2. The number of pyridine rings is 1. The highest BCUT2D eigenvalue weighted by Gasteiger charge is 2.11. The van der Waals surface area contributed by atoms with Crippen LogP contribution < -0.4 is 11.1 Å². The van der Waals surface area contributed by atoms with Gasteiger partial charge in [-0.15, -0.1) is 11.3 Å². The van der Waals surface area contributed by atoms with Crippen molar-refractivity contribution in [1.29, 1.82) is 0 Å². The van der Waals surface area contributed by atoms with E-state index in [2.05, 4.69) is 10.3 Å². The number of rotatable bonds is 2. The van der Waals surface area contributed by atoms with Crippen LogP contribution >= 0.6 is 11.3 Å². The summed E-state index contributed by atoms with van der Waals surface area (Å²) in [5.41, 5.74) is 8.08. The van der Waals surface area contributed by atoms with Crippen LogP contribution in [0.4, 0.5) is 11.4 Å². The fourth-order valence-electron chi connectivity index (χ4n) is 1.39. The van der Waals surface area contributed by atoms with E-state index in [1.807, 2.05) is 19.9 Å². The van der Waals surface area contributed by atoms with Gasteiger partial charge in [0, 0.05) is 16.8 Å². The van der Waals surface area contributed by atoms with Gasteiger partial charge in [0.1, 0.15) is 0 Å². The SMILES string of the molecule is Cc1ccncc1NC(=O)c1cc(N)c(C)s1. The van der Waals surface area contributed by atoms with Crippen LogP contribution in [0.2, 0.25) is 0 Å². The van der Waals surface area contributed by atoms with Gasteiger partial charge in [-0.05, 0) is 31.5 Å². The van der Waals surface area contributed by atoms with E-state index in [0.29, 0.717) is 10.6 Å². The van der Waals surface area contributed by atoms with Crippen LogP contribution in [-0.2, 0) is 0 Å². The van der Waals surface area contributed by atoms with E-state index in [9.17, 15) is 4.79 Å². The number of nitrogens with zero attached hydrogens (tertiary/aromatic N) is 1. The average molecular weight is 247 g/mol. The molecule has 17 heavy (non-hydrogen) atoms. The lowest BCUT2D eigenvalue weighted by Gasteiger charge is -2.05. The first kappa shape index (κ1) is 11.6. The summed E-state index contributed by atoms with van der Waals surface area (Å²) in [5, 5.41) is 2.82. The van der Waals surface area contributed by atoms with Gasteiger partial charge in [-0.1, -0.05) is 0 Å². The minimum Gasteiger partial charge on any atom is -0.398 e. The summed E-state index contributed by atoms with van der Waals surface area (Å²) in [7, 11) is 0. The van der Waals surface area contributed by atoms with E-state index in [4.69, 9.17) is 5.73 Å². The number of anilines is 2. The normalized spacial score (nSPS) is 10.2. The third-order valence-electron chi connectivity index (χ3n) is 2.47. The van der Waals surface area contributed by atoms with Crippen LogP contribution in [0, 0.1) is 13.8 Å². The van der Waals surface area contributed by atoms with Crippen molar-refractivity contribution >= 4 is 28.6 Å². The minimum absolute atomic E-state index is 0.147. The zero-order chi connectivity index (χ0) is 12.4. The molecule has 0 unspecified atom stereocenters. The molecule has 0 fully saturated rings. The quantitative estimate of drug-likeness (QED) is 0.857. The van der Waals surface area contributed by atoms with Crippen molar-refractivity contribution in [2.24, 2.45) is 0 Å². The first-order valence-corrected chi connectivity index (χ1v) is 5.97. The summed E-state index contributed by atoms with van der Waals surface area (Å²) in [6.45, 7) is 3.82. The van der Waals surface area contributed by atoms with Crippen LogP contribution in [-0.4, -0.2) is 10.9 Å². The van der Waals surface area contributed by atoms with Gasteiger partial charge >= 0.3 is 0 Å². The maximum Gasteiger partial charge on any atom is 0.265 e. The Kier molecular flexibility index (Phi) is 3.10. The summed E-state index contributed by atoms with van der Waals surface area (Å²) in [6, 6.07) is 3.55. The highest BCUT2D eigenvalue weighted by molar-refractivity contribution is 7.14. The number of thiophene rings is 1. The molecule has 1 amide bonds. The number of carbonyl (C=O) groups excluding carboxylic acids is 1. The second-order valence-corrected chi connectivity index (χ2v) is 5.02. The Bertz CT molecular complexity index is 543. The number of aryl methyl sites for hydroxylation is 2. The molecular weight excluding hydrogens is 234 g/mol. The number of carbonyl (C=O) groups is 1. The van der Waals surface area contributed by atoms with Crippen molar-refractivity contribution in [2.75, 3.05) is 11.1 Å². The first-order valence-electron chi connectivity index (χ1n) is 5.16. The van der Waals surface area contributed by atoms with E-state index in [1.54, 1.807) is 18.5 Å². The second-order valence-electron chi connectivity index (χ2n) is 3.77. The van der Waals surface area contributed by atoms with Gasteiger partial charge in [0.15, 0.2) is 0 Å². The van der Waals surface area contributed by atoms with Crippen molar-refractivity contribution < 1.29 is 4.79 Å². The van der Waals surface area contributed by atoms with Gasteiger partial charge in [-0.25, -0.2) is 0 Å².